The van der Waals surface area contributed by atoms with Gasteiger partial charge in [-0.05, 0) is 18.4 Å². The Balaban J connectivity index is 1.52. The van der Waals surface area contributed by atoms with E-state index >= 15 is 0 Å². The first-order valence-corrected chi connectivity index (χ1v) is 7.46. The van der Waals surface area contributed by atoms with Gasteiger partial charge in [-0.25, -0.2) is 0 Å². The number of hydrogen-bond donors (Lipinski definition) is 1. The van der Waals surface area contributed by atoms with E-state index in [1.165, 1.54) is 0 Å². The van der Waals surface area contributed by atoms with Crippen molar-refractivity contribution < 1.29 is 14.3 Å². The first-order chi connectivity index (χ1) is 10.2. The molecule has 1 saturated heterocycles. The van der Waals surface area contributed by atoms with Gasteiger partial charge in [-0.1, -0.05) is 30.3 Å². The molecule has 5 nitrogen and oxygen atoms in total. The summed E-state index contributed by atoms with van der Waals surface area (Å²) in [7, 11) is 0. The molecule has 0 spiro atoms. The third kappa shape index (κ3) is 3.61. The molecule has 0 radical (unpaired) electrons. The standard InChI is InChI=1S/C16H20N2O3/c19-15(10-17-16(20)13-6-7-13)18-8-9-21-14(11-18)12-4-2-1-3-5-12/h1-5,13-14H,6-11H2,(H,17,20)/t14-/m0/s1. The van der Waals surface area contributed by atoms with Gasteiger partial charge in [0.25, 0.3) is 0 Å². The summed E-state index contributed by atoms with van der Waals surface area (Å²) in [6, 6.07) is 9.91. The molecule has 0 unspecified atom stereocenters. The molecule has 1 atom stereocenters. The van der Waals surface area contributed by atoms with Crippen LogP contribution in [0.2, 0.25) is 0 Å². The topological polar surface area (TPSA) is 58.6 Å². The van der Waals surface area contributed by atoms with Crippen LogP contribution in [0.25, 0.3) is 0 Å². The van der Waals surface area contributed by atoms with Gasteiger partial charge in [-0.2, -0.15) is 0 Å². The molecule has 5 heteroatoms. The molecule has 0 aromatic heterocycles. The molecule has 1 aromatic carbocycles. The third-order valence-electron chi connectivity index (χ3n) is 3.95. The molecule has 2 fully saturated rings. The highest BCUT2D eigenvalue weighted by Crippen LogP contribution is 2.28. The Kier molecular flexibility index (Phi) is 4.20. The molecule has 1 aromatic rings. The van der Waals surface area contributed by atoms with Crippen molar-refractivity contribution >= 4 is 11.8 Å². The molecule has 1 saturated carbocycles. The Hall–Kier alpha value is -1.88. The molecule has 3 rings (SSSR count). The maximum absolute atomic E-state index is 12.2. The maximum Gasteiger partial charge on any atom is 0.242 e. The minimum absolute atomic E-state index is 0.0104. The Morgan fingerprint density at radius 1 is 1.24 bits per heavy atom. The molecule has 112 valence electrons. The summed E-state index contributed by atoms with van der Waals surface area (Å²) in [5, 5.41) is 2.73. The number of rotatable bonds is 4. The molecule has 1 aliphatic carbocycles. The number of nitrogens with zero attached hydrogens (tertiary/aromatic N) is 1. The predicted octanol–water partition coefficient (Wildman–Crippen LogP) is 1.11. The SMILES string of the molecule is O=C(NCC(=O)N1CCO[C@H](c2ccccc2)C1)C1CC1. The molecule has 1 heterocycles. The van der Waals surface area contributed by atoms with Crippen LogP contribution in [-0.4, -0.2) is 43.0 Å². The number of morpholine rings is 1. The molecular weight excluding hydrogens is 268 g/mol. The van der Waals surface area contributed by atoms with Crippen molar-refractivity contribution in [2.75, 3.05) is 26.2 Å². The second-order valence-corrected chi connectivity index (χ2v) is 5.60. The highest BCUT2D eigenvalue weighted by Gasteiger charge is 2.30. The minimum Gasteiger partial charge on any atom is -0.370 e. The fourth-order valence-corrected chi connectivity index (χ4v) is 2.51. The van der Waals surface area contributed by atoms with Crippen LogP contribution in [0.15, 0.2) is 30.3 Å². The highest BCUT2D eigenvalue weighted by molar-refractivity contribution is 5.87. The summed E-state index contributed by atoms with van der Waals surface area (Å²) in [5.74, 6) is 0.115. The summed E-state index contributed by atoms with van der Waals surface area (Å²) in [6.07, 6.45) is 1.82. The van der Waals surface area contributed by atoms with E-state index in [2.05, 4.69) is 5.32 Å². The van der Waals surface area contributed by atoms with Crippen molar-refractivity contribution in [1.82, 2.24) is 10.2 Å². The summed E-state index contributed by atoms with van der Waals surface area (Å²) >= 11 is 0. The van der Waals surface area contributed by atoms with Gasteiger partial charge < -0.3 is 15.0 Å². The summed E-state index contributed by atoms with van der Waals surface area (Å²) in [5.41, 5.74) is 1.08. The van der Waals surface area contributed by atoms with Crippen molar-refractivity contribution in [2.45, 2.75) is 18.9 Å². The lowest BCUT2D eigenvalue weighted by Crippen LogP contribution is -2.46. The van der Waals surface area contributed by atoms with E-state index in [0.29, 0.717) is 19.7 Å². The van der Waals surface area contributed by atoms with Crippen molar-refractivity contribution in [3.8, 4) is 0 Å². The number of benzene rings is 1. The van der Waals surface area contributed by atoms with Crippen molar-refractivity contribution in [2.24, 2.45) is 5.92 Å². The van der Waals surface area contributed by atoms with E-state index in [4.69, 9.17) is 4.74 Å². The van der Waals surface area contributed by atoms with Crippen LogP contribution in [0, 0.1) is 5.92 Å². The first-order valence-electron chi connectivity index (χ1n) is 7.46. The number of ether oxygens (including phenoxy) is 1. The Bertz CT molecular complexity index is 514. The van der Waals surface area contributed by atoms with Crippen LogP contribution < -0.4 is 5.32 Å². The van der Waals surface area contributed by atoms with Crippen LogP contribution in [0.5, 0.6) is 0 Å². The summed E-state index contributed by atoms with van der Waals surface area (Å²) in [6.45, 7) is 1.75. The molecule has 2 aliphatic rings. The second kappa shape index (κ2) is 6.26. The lowest BCUT2D eigenvalue weighted by atomic mass is 10.1. The zero-order valence-corrected chi connectivity index (χ0v) is 12.0. The maximum atomic E-state index is 12.2. The van der Waals surface area contributed by atoms with Crippen molar-refractivity contribution in [1.29, 1.82) is 0 Å². The molecule has 1 aliphatic heterocycles. The second-order valence-electron chi connectivity index (χ2n) is 5.60. The van der Waals surface area contributed by atoms with Gasteiger partial charge in [0.15, 0.2) is 0 Å². The van der Waals surface area contributed by atoms with E-state index in [-0.39, 0.29) is 30.4 Å². The third-order valence-corrected chi connectivity index (χ3v) is 3.95. The smallest absolute Gasteiger partial charge is 0.242 e. The van der Waals surface area contributed by atoms with Gasteiger partial charge in [0, 0.05) is 12.5 Å². The zero-order valence-electron chi connectivity index (χ0n) is 12.0. The lowest BCUT2D eigenvalue weighted by Gasteiger charge is -2.33. The van der Waals surface area contributed by atoms with Gasteiger partial charge in [0.2, 0.25) is 11.8 Å². The molecular formula is C16H20N2O3. The van der Waals surface area contributed by atoms with E-state index in [1.807, 2.05) is 30.3 Å². The quantitative estimate of drug-likeness (QED) is 0.903. The number of carbonyl (C=O) groups excluding carboxylic acids is 2. The largest absolute Gasteiger partial charge is 0.370 e. The van der Waals surface area contributed by atoms with Crippen LogP contribution in [0.4, 0.5) is 0 Å². The van der Waals surface area contributed by atoms with E-state index in [0.717, 1.165) is 18.4 Å². The molecule has 2 amide bonds. The lowest BCUT2D eigenvalue weighted by molar-refractivity contribution is -0.139. The Morgan fingerprint density at radius 2 is 2.00 bits per heavy atom. The fraction of sp³-hybridized carbons (Fsp3) is 0.500. The van der Waals surface area contributed by atoms with Gasteiger partial charge >= 0.3 is 0 Å². The molecule has 0 bridgehead atoms. The molecule has 21 heavy (non-hydrogen) atoms. The number of carbonyl (C=O) groups is 2. The van der Waals surface area contributed by atoms with E-state index < -0.39 is 0 Å². The number of hydrogen-bond acceptors (Lipinski definition) is 3. The van der Waals surface area contributed by atoms with Gasteiger partial charge in [0.05, 0.1) is 19.7 Å². The number of amides is 2. The van der Waals surface area contributed by atoms with E-state index in [9.17, 15) is 9.59 Å². The monoisotopic (exact) mass is 288 g/mol. The van der Waals surface area contributed by atoms with Crippen LogP contribution in [0.1, 0.15) is 24.5 Å². The van der Waals surface area contributed by atoms with Crippen molar-refractivity contribution in [3.05, 3.63) is 35.9 Å². The Morgan fingerprint density at radius 3 is 2.71 bits per heavy atom. The summed E-state index contributed by atoms with van der Waals surface area (Å²) < 4.78 is 5.74. The number of nitrogens with one attached hydrogen (secondary N) is 1. The predicted molar refractivity (Wildman–Crippen MR) is 77.4 cm³/mol. The van der Waals surface area contributed by atoms with E-state index in [1.54, 1.807) is 4.90 Å². The Labute approximate surface area is 124 Å². The normalized spacial score (nSPS) is 21.9. The van der Waals surface area contributed by atoms with Crippen LogP contribution in [-0.2, 0) is 14.3 Å². The van der Waals surface area contributed by atoms with Gasteiger partial charge in [-0.15, -0.1) is 0 Å². The summed E-state index contributed by atoms with van der Waals surface area (Å²) in [4.78, 5) is 25.5. The minimum atomic E-state index is -0.0805. The van der Waals surface area contributed by atoms with Crippen LogP contribution in [0.3, 0.4) is 0 Å². The highest BCUT2D eigenvalue weighted by atomic mass is 16.5. The van der Waals surface area contributed by atoms with Crippen LogP contribution >= 0.6 is 0 Å². The zero-order chi connectivity index (χ0) is 14.7. The van der Waals surface area contributed by atoms with Gasteiger partial charge in [-0.3, -0.25) is 9.59 Å². The van der Waals surface area contributed by atoms with Gasteiger partial charge in [0.1, 0.15) is 6.10 Å². The average molecular weight is 288 g/mol. The average Bonchev–Trinajstić information content (AvgIpc) is 3.38. The first kappa shape index (κ1) is 14.1. The molecule has 1 N–H and O–H groups in total. The fourth-order valence-electron chi connectivity index (χ4n) is 2.51. The van der Waals surface area contributed by atoms with Crippen molar-refractivity contribution in [3.63, 3.8) is 0 Å².